The monoisotopic (exact) mass is 967 g/mol. The summed E-state index contributed by atoms with van der Waals surface area (Å²) in [6.45, 7) is 17.3. The average molecular weight is 968 g/mol. The Morgan fingerprint density at radius 1 is 0.942 bits per heavy atom. The zero-order valence-corrected chi connectivity index (χ0v) is 41.4. The van der Waals surface area contributed by atoms with E-state index in [0.717, 1.165) is 90.8 Å². The summed E-state index contributed by atoms with van der Waals surface area (Å²) >= 11 is 1.63. The van der Waals surface area contributed by atoms with E-state index in [-0.39, 0.29) is 41.3 Å². The third-order valence-electron chi connectivity index (χ3n) is 12.5. The largest absolute Gasteiger partial charge is 0.490 e. The summed E-state index contributed by atoms with van der Waals surface area (Å²) in [5, 5.41) is 14.5. The number of rotatable bonds is 22. The number of aryl methyl sites for hydroxylation is 1. The first-order chi connectivity index (χ1) is 33.3. The number of thiazole rings is 1. The number of nitrogens with two attached hydrogens (primary N) is 2. The Bertz CT molecular complexity index is 2430. The first-order valence-corrected chi connectivity index (χ1v) is 24.6. The van der Waals surface area contributed by atoms with Gasteiger partial charge in [-0.05, 0) is 86.4 Å². The number of fused-ring (bicyclic) bond motifs is 1. The molecule has 7 rings (SSSR count). The van der Waals surface area contributed by atoms with Crippen LogP contribution in [0.4, 0.5) is 0 Å². The third-order valence-corrected chi connectivity index (χ3v) is 13.4. The summed E-state index contributed by atoms with van der Waals surface area (Å²) in [6.07, 6.45) is 4.78. The standard InChI is InChI=1S/C34H50N6O6.C17H19N3O2S/c1-24(34(2,3)4)37-31(41)12-16-42-18-20-44-21-19-43-17-15-40-13-10-27(11-14-40)45-28-7-5-6-25(22-28)32-29-23-26(33(35)38-36)8-9-30(29)39-46-32;1-12-16(23-10-19-12)14-6-4-13(5-7-14)9-18-17(22)15-3-2-8-20(15)11-21/h5-9,22-24,27H,10-21,36H2,1-4H3,(H2,35,38)(H,37,41);4-7,10-11,15H,2-3,8-9H2,1H3,(H,18,22). The molecule has 2 saturated heterocycles. The smallest absolute Gasteiger partial charge is 0.243 e. The van der Waals surface area contributed by atoms with E-state index in [0.29, 0.717) is 70.5 Å². The minimum atomic E-state index is -0.313. The minimum Gasteiger partial charge on any atom is -0.490 e. The highest BCUT2D eigenvalue weighted by Gasteiger charge is 2.29. The Morgan fingerprint density at radius 2 is 1.67 bits per heavy atom. The molecule has 69 heavy (non-hydrogen) atoms. The maximum atomic E-state index is 12.2. The van der Waals surface area contributed by atoms with Crippen molar-refractivity contribution < 1.29 is 37.9 Å². The van der Waals surface area contributed by atoms with Gasteiger partial charge in [0.15, 0.2) is 5.76 Å². The highest BCUT2D eigenvalue weighted by molar-refractivity contribution is 7.13. The molecular formula is C51H69N9O8S. The summed E-state index contributed by atoms with van der Waals surface area (Å²) in [4.78, 5) is 44.5. The predicted octanol–water partition coefficient (Wildman–Crippen LogP) is 6.26. The summed E-state index contributed by atoms with van der Waals surface area (Å²) in [5.74, 6) is 6.98. The van der Waals surface area contributed by atoms with E-state index in [2.05, 4.69) is 63.7 Å². The first-order valence-electron chi connectivity index (χ1n) is 23.8. The SMILES string of the molecule is CC(NC(=O)CCOCCOCCOCCN1CCC(Oc2cccc(-c3onc4ccc(/C(N)=N/N)cc34)c2)CC1)C(C)(C)C.Cc1ncsc1-c1ccc(CNC(=O)C2CCCN2C=O)cc1. The summed E-state index contributed by atoms with van der Waals surface area (Å²) in [5.41, 5.74) is 13.3. The molecule has 4 heterocycles. The molecule has 2 aliphatic heterocycles. The molecule has 3 aromatic carbocycles. The second-order valence-corrected chi connectivity index (χ2v) is 19.2. The number of ether oxygens (including phenoxy) is 4. The zero-order chi connectivity index (χ0) is 49.2. The minimum absolute atomic E-state index is 0.0116. The van der Waals surface area contributed by atoms with Gasteiger partial charge in [0.2, 0.25) is 18.2 Å². The molecule has 372 valence electrons. The number of likely N-dealkylation sites (tertiary alicyclic amines) is 2. The number of hydrazone groups is 1. The van der Waals surface area contributed by atoms with Gasteiger partial charge >= 0.3 is 0 Å². The molecule has 6 N–H and O–H groups in total. The number of hydrogen-bond donors (Lipinski definition) is 4. The summed E-state index contributed by atoms with van der Waals surface area (Å²) in [7, 11) is 0. The van der Waals surface area contributed by atoms with Crippen molar-refractivity contribution in [3.05, 3.63) is 89.1 Å². The average Bonchev–Trinajstić information content (AvgIpc) is 4.13. The summed E-state index contributed by atoms with van der Waals surface area (Å²) in [6, 6.07) is 21.3. The second kappa shape index (κ2) is 26.2. The lowest BCUT2D eigenvalue weighted by Crippen LogP contribution is -2.42. The number of amidine groups is 1. The molecule has 2 aromatic heterocycles. The Labute approximate surface area is 409 Å². The number of nitrogens with one attached hydrogen (secondary N) is 2. The maximum Gasteiger partial charge on any atom is 0.243 e. The van der Waals surface area contributed by atoms with Gasteiger partial charge in [-0.3, -0.25) is 14.4 Å². The normalized spacial score (nSPS) is 16.2. The Morgan fingerprint density at radius 3 is 2.35 bits per heavy atom. The van der Waals surface area contributed by atoms with Gasteiger partial charge in [0.05, 0.1) is 61.1 Å². The fourth-order valence-corrected chi connectivity index (χ4v) is 8.64. The van der Waals surface area contributed by atoms with Crippen molar-refractivity contribution in [1.29, 1.82) is 0 Å². The highest BCUT2D eigenvalue weighted by atomic mass is 32.1. The Kier molecular flexibility index (Phi) is 19.9. The van der Waals surface area contributed by atoms with Crippen LogP contribution in [0.2, 0.25) is 0 Å². The third kappa shape index (κ3) is 15.8. The van der Waals surface area contributed by atoms with Crippen LogP contribution < -0.4 is 26.9 Å². The van der Waals surface area contributed by atoms with Crippen LogP contribution in [-0.2, 0) is 35.1 Å². The second-order valence-electron chi connectivity index (χ2n) is 18.4. The van der Waals surface area contributed by atoms with E-state index in [4.69, 9.17) is 35.0 Å². The number of hydrogen-bond acceptors (Lipinski definition) is 14. The highest BCUT2D eigenvalue weighted by Crippen LogP contribution is 2.32. The number of nitrogens with zero attached hydrogens (tertiary/aromatic N) is 5. The van der Waals surface area contributed by atoms with Gasteiger partial charge in [-0.15, -0.1) is 11.3 Å². The molecule has 0 saturated carbocycles. The zero-order valence-electron chi connectivity index (χ0n) is 40.6. The lowest BCUT2D eigenvalue weighted by molar-refractivity contribution is -0.131. The summed E-state index contributed by atoms with van der Waals surface area (Å²) < 4.78 is 28.9. The van der Waals surface area contributed by atoms with Gasteiger partial charge in [0.1, 0.15) is 29.2 Å². The van der Waals surface area contributed by atoms with Gasteiger partial charge in [-0.2, -0.15) is 5.10 Å². The Balaban J connectivity index is 0.000000283. The van der Waals surface area contributed by atoms with Crippen molar-refractivity contribution in [3.8, 4) is 27.5 Å². The fraction of sp³-hybridized carbons (Fsp3) is 0.490. The topological polar surface area (TPSA) is 222 Å². The Hall–Kier alpha value is -5.92. The van der Waals surface area contributed by atoms with Gasteiger partial charge in [0.25, 0.3) is 0 Å². The molecule has 3 amide bonds. The number of benzene rings is 3. The molecular weight excluding hydrogens is 899 g/mol. The van der Waals surface area contributed by atoms with Crippen molar-refractivity contribution >= 4 is 46.3 Å². The van der Waals surface area contributed by atoms with Gasteiger partial charge in [0, 0.05) is 56.3 Å². The van der Waals surface area contributed by atoms with Crippen molar-refractivity contribution in [2.24, 2.45) is 22.1 Å². The van der Waals surface area contributed by atoms with Crippen LogP contribution in [-0.4, -0.2) is 128 Å². The molecule has 5 aromatic rings. The molecule has 2 unspecified atom stereocenters. The van der Waals surface area contributed by atoms with Crippen LogP contribution in [0.25, 0.3) is 32.7 Å². The van der Waals surface area contributed by atoms with Gasteiger partial charge in [-0.1, -0.05) is 62.3 Å². The van der Waals surface area contributed by atoms with E-state index in [1.807, 2.05) is 74.0 Å². The number of carbonyl (C=O) groups excluding carboxylic acids is 3. The van der Waals surface area contributed by atoms with E-state index >= 15 is 0 Å². The number of amides is 3. The van der Waals surface area contributed by atoms with Crippen LogP contribution in [0, 0.1) is 12.3 Å². The molecule has 2 atom stereocenters. The molecule has 2 fully saturated rings. The quantitative estimate of drug-likeness (QED) is 0.0150. The van der Waals surface area contributed by atoms with Gasteiger partial charge < -0.3 is 55.5 Å². The molecule has 0 radical (unpaired) electrons. The molecule has 17 nitrogen and oxygen atoms in total. The van der Waals surface area contributed by atoms with E-state index < -0.39 is 0 Å². The van der Waals surface area contributed by atoms with Crippen LogP contribution >= 0.6 is 11.3 Å². The van der Waals surface area contributed by atoms with E-state index in [1.54, 1.807) is 16.2 Å². The molecule has 2 aliphatic rings. The molecule has 0 aliphatic carbocycles. The molecule has 0 bridgehead atoms. The maximum absolute atomic E-state index is 12.2. The van der Waals surface area contributed by atoms with Crippen LogP contribution in [0.1, 0.15) is 76.6 Å². The molecule has 0 spiro atoms. The van der Waals surface area contributed by atoms with Crippen LogP contribution in [0.15, 0.2) is 81.9 Å². The van der Waals surface area contributed by atoms with E-state index in [9.17, 15) is 14.4 Å². The van der Waals surface area contributed by atoms with Crippen LogP contribution in [0.5, 0.6) is 5.75 Å². The van der Waals surface area contributed by atoms with Crippen molar-refractivity contribution in [3.63, 3.8) is 0 Å². The number of aromatic nitrogens is 2. The molecule has 18 heteroatoms. The predicted molar refractivity (Wildman–Crippen MR) is 269 cm³/mol. The lowest BCUT2D eigenvalue weighted by atomic mass is 9.88. The number of piperidine rings is 1. The van der Waals surface area contributed by atoms with Crippen LogP contribution in [0.3, 0.4) is 0 Å². The van der Waals surface area contributed by atoms with Crippen molar-refractivity contribution in [1.82, 2.24) is 30.6 Å². The number of carbonyl (C=O) groups is 3. The lowest BCUT2D eigenvalue weighted by Gasteiger charge is -2.32. The fourth-order valence-electron chi connectivity index (χ4n) is 7.82. The van der Waals surface area contributed by atoms with Crippen molar-refractivity contribution in [2.45, 2.75) is 91.5 Å². The first kappa shape index (κ1) is 52.5. The van der Waals surface area contributed by atoms with E-state index in [1.165, 1.54) is 4.88 Å². The van der Waals surface area contributed by atoms with Crippen molar-refractivity contribution in [2.75, 3.05) is 65.8 Å². The van der Waals surface area contributed by atoms with Gasteiger partial charge in [-0.25, -0.2) is 4.98 Å².